The van der Waals surface area contributed by atoms with Crippen molar-refractivity contribution in [3.63, 3.8) is 0 Å². The van der Waals surface area contributed by atoms with Crippen molar-refractivity contribution in [3.8, 4) is 0 Å². The summed E-state index contributed by atoms with van der Waals surface area (Å²) >= 11 is 3.50. The molecule has 0 bridgehead atoms. The molecule has 2 nitrogen and oxygen atoms in total. The molecule has 94 valence electrons. The van der Waals surface area contributed by atoms with E-state index in [1.807, 2.05) is 0 Å². The Morgan fingerprint density at radius 3 is 2.35 bits per heavy atom. The van der Waals surface area contributed by atoms with Gasteiger partial charge in [-0.3, -0.25) is 0 Å². The summed E-state index contributed by atoms with van der Waals surface area (Å²) in [6.07, 6.45) is 5.09. The van der Waals surface area contributed by atoms with Crippen LogP contribution in [0.4, 0.5) is 5.69 Å². The summed E-state index contributed by atoms with van der Waals surface area (Å²) < 4.78 is 1.15. The minimum atomic E-state index is 0.638. The zero-order valence-electron chi connectivity index (χ0n) is 10.6. The quantitative estimate of drug-likeness (QED) is 0.889. The van der Waals surface area contributed by atoms with Crippen LogP contribution in [0.15, 0.2) is 22.7 Å². The van der Waals surface area contributed by atoms with Crippen molar-refractivity contribution in [2.24, 2.45) is 0 Å². The monoisotopic (exact) mass is 296 g/mol. The Balaban J connectivity index is 1.93. The molecule has 2 rings (SSSR count). The molecular formula is C14H21BrN2. The van der Waals surface area contributed by atoms with Gasteiger partial charge < -0.3 is 10.6 Å². The molecule has 0 unspecified atom stereocenters. The molecule has 0 aliphatic heterocycles. The summed E-state index contributed by atoms with van der Waals surface area (Å²) in [5.74, 6) is 0. The highest BCUT2D eigenvalue weighted by molar-refractivity contribution is 9.10. The Morgan fingerprint density at radius 1 is 1.12 bits per heavy atom. The van der Waals surface area contributed by atoms with Gasteiger partial charge in [-0.2, -0.15) is 0 Å². The first kappa shape index (κ1) is 12.9. The van der Waals surface area contributed by atoms with E-state index in [9.17, 15) is 0 Å². The van der Waals surface area contributed by atoms with Crippen molar-refractivity contribution >= 4 is 21.6 Å². The third-order valence-electron chi connectivity index (χ3n) is 3.68. The Morgan fingerprint density at radius 2 is 1.76 bits per heavy atom. The first-order chi connectivity index (χ1) is 8.19. The van der Waals surface area contributed by atoms with E-state index in [-0.39, 0.29) is 0 Å². The van der Waals surface area contributed by atoms with Crippen LogP contribution in [0, 0.1) is 6.92 Å². The highest BCUT2D eigenvalue weighted by atomic mass is 79.9. The van der Waals surface area contributed by atoms with E-state index in [2.05, 4.69) is 58.7 Å². The van der Waals surface area contributed by atoms with Gasteiger partial charge in [-0.15, -0.1) is 0 Å². The number of anilines is 1. The molecule has 0 radical (unpaired) electrons. The fourth-order valence-electron chi connectivity index (χ4n) is 2.54. The van der Waals surface area contributed by atoms with Crippen LogP contribution < -0.4 is 10.6 Å². The van der Waals surface area contributed by atoms with Crippen molar-refractivity contribution in [1.82, 2.24) is 5.32 Å². The summed E-state index contributed by atoms with van der Waals surface area (Å²) in [5.41, 5.74) is 2.59. The van der Waals surface area contributed by atoms with Crippen LogP contribution in [-0.2, 0) is 0 Å². The van der Waals surface area contributed by atoms with E-state index in [1.165, 1.54) is 36.9 Å². The number of nitrogens with one attached hydrogen (secondary N) is 2. The Bertz CT molecular complexity index is 370. The van der Waals surface area contributed by atoms with Crippen molar-refractivity contribution in [2.45, 2.75) is 44.7 Å². The highest BCUT2D eigenvalue weighted by Crippen LogP contribution is 2.25. The Kier molecular flexibility index (Phi) is 4.46. The summed E-state index contributed by atoms with van der Waals surface area (Å²) in [4.78, 5) is 0. The summed E-state index contributed by atoms with van der Waals surface area (Å²) in [7, 11) is 2.07. The van der Waals surface area contributed by atoms with Gasteiger partial charge in [-0.1, -0.05) is 15.9 Å². The SMILES string of the molecule is CNC1CCC(Nc2ccc(Br)cc2C)CC1. The zero-order chi connectivity index (χ0) is 12.3. The molecule has 1 aliphatic rings. The van der Waals surface area contributed by atoms with Crippen molar-refractivity contribution < 1.29 is 0 Å². The summed E-state index contributed by atoms with van der Waals surface area (Å²) in [6, 6.07) is 7.80. The second kappa shape index (κ2) is 5.87. The molecule has 1 aromatic carbocycles. The topological polar surface area (TPSA) is 24.1 Å². The predicted molar refractivity (Wildman–Crippen MR) is 77.6 cm³/mol. The van der Waals surface area contributed by atoms with Crippen molar-refractivity contribution in [3.05, 3.63) is 28.2 Å². The van der Waals surface area contributed by atoms with E-state index in [0.29, 0.717) is 6.04 Å². The molecule has 0 aromatic heterocycles. The summed E-state index contributed by atoms with van der Waals surface area (Å²) in [6.45, 7) is 2.16. The number of hydrogen-bond acceptors (Lipinski definition) is 2. The molecule has 2 N–H and O–H groups in total. The minimum Gasteiger partial charge on any atom is -0.382 e. The molecule has 1 fully saturated rings. The molecule has 3 heteroatoms. The second-order valence-corrected chi connectivity index (χ2v) is 5.86. The van der Waals surface area contributed by atoms with Crippen LogP contribution in [0.25, 0.3) is 0 Å². The molecule has 1 saturated carbocycles. The summed E-state index contributed by atoms with van der Waals surface area (Å²) in [5, 5.41) is 7.05. The van der Waals surface area contributed by atoms with Gasteiger partial charge in [0, 0.05) is 22.2 Å². The lowest BCUT2D eigenvalue weighted by atomic mass is 9.91. The average Bonchev–Trinajstić information content (AvgIpc) is 2.34. The maximum atomic E-state index is 3.67. The number of aryl methyl sites for hydroxylation is 1. The third-order valence-corrected chi connectivity index (χ3v) is 4.18. The van der Waals surface area contributed by atoms with Gasteiger partial charge in [0.2, 0.25) is 0 Å². The van der Waals surface area contributed by atoms with E-state index in [4.69, 9.17) is 0 Å². The molecule has 0 saturated heterocycles. The fraction of sp³-hybridized carbons (Fsp3) is 0.571. The third kappa shape index (κ3) is 3.46. The molecule has 17 heavy (non-hydrogen) atoms. The van der Waals surface area contributed by atoms with E-state index >= 15 is 0 Å². The van der Waals surface area contributed by atoms with E-state index in [1.54, 1.807) is 0 Å². The second-order valence-electron chi connectivity index (χ2n) is 4.94. The largest absolute Gasteiger partial charge is 0.382 e. The molecule has 0 heterocycles. The molecule has 0 amide bonds. The van der Waals surface area contributed by atoms with Gasteiger partial charge in [0.25, 0.3) is 0 Å². The maximum Gasteiger partial charge on any atom is 0.0372 e. The molecular weight excluding hydrogens is 276 g/mol. The lowest BCUT2D eigenvalue weighted by Crippen LogP contribution is -2.35. The number of hydrogen-bond donors (Lipinski definition) is 2. The first-order valence-corrected chi connectivity index (χ1v) is 7.18. The van der Waals surface area contributed by atoms with Crippen LogP contribution in [0.3, 0.4) is 0 Å². The lowest BCUT2D eigenvalue weighted by Gasteiger charge is -2.30. The van der Waals surface area contributed by atoms with Crippen molar-refractivity contribution in [2.75, 3.05) is 12.4 Å². The molecule has 1 aliphatic carbocycles. The maximum absolute atomic E-state index is 3.67. The van der Waals surface area contributed by atoms with Crippen LogP contribution in [0.1, 0.15) is 31.2 Å². The van der Waals surface area contributed by atoms with Gasteiger partial charge >= 0.3 is 0 Å². The molecule has 1 aromatic rings. The fourth-order valence-corrected chi connectivity index (χ4v) is 3.01. The predicted octanol–water partition coefficient (Wildman–Crippen LogP) is 3.70. The van der Waals surface area contributed by atoms with Gasteiger partial charge in [0.05, 0.1) is 0 Å². The van der Waals surface area contributed by atoms with Crippen molar-refractivity contribution in [1.29, 1.82) is 0 Å². The standard InChI is InChI=1S/C14H21BrN2/c1-10-9-11(15)3-8-14(10)17-13-6-4-12(16-2)5-7-13/h3,8-9,12-13,16-17H,4-7H2,1-2H3. The number of benzene rings is 1. The Labute approximate surface area is 112 Å². The highest BCUT2D eigenvalue weighted by Gasteiger charge is 2.19. The van der Waals surface area contributed by atoms with Gasteiger partial charge in [0.1, 0.15) is 0 Å². The van der Waals surface area contributed by atoms with Gasteiger partial charge in [0.15, 0.2) is 0 Å². The van der Waals surface area contributed by atoms with Crippen LogP contribution in [0.5, 0.6) is 0 Å². The first-order valence-electron chi connectivity index (χ1n) is 6.39. The zero-order valence-corrected chi connectivity index (χ0v) is 12.2. The van der Waals surface area contributed by atoms with Crippen LogP contribution in [-0.4, -0.2) is 19.1 Å². The van der Waals surface area contributed by atoms with Crippen LogP contribution >= 0.6 is 15.9 Å². The normalized spacial score (nSPS) is 24.6. The number of halogens is 1. The number of rotatable bonds is 3. The molecule has 0 atom stereocenters. The minimum absolute atomic E-state index is 0.638. The smallest absolute Gasteiger partial charge is 0.0372 e. The molecule has 0 spiro atoms. The lowest BCUT2D eigenvalue weighted by molar-refractivity contribution is 0.371. The van der Waals surface area contributed by atoms with E-state index < -0.39 is 0 Å². The van der Waals surface area contributed by atoms with Gasteiger partial charge in [-0.05, 0) is 63.4 Å². The Hall–Kier alpha value is -0.540. The van der Waals surface area contributed by atoms with E-state index in [0.717, 1.165) is 10.5 Å². The van der Waals surface area contributed by atoms with Gasteiger partial charge in [-0.25, -0.2) is 0 Å². The average molecular weight is 297 g/mol. The van der Waals surface area contributed by atoms with Crippen LogP contribution in [0.2, 0.25) is 0 Å².